The number of benzene rings is 3. The van der Waals surface area contributed by atoms with Crippen LogP contribution < -0.4 is 10.1 Å². The van der Waals surface area contributed by atoms with Gasteiger partial charge in [0.1, 0.15) is 0 Å². The lowest BCUT2D eigenvalue weighted by molar-refractivity contribution is -0.385. The number of anilines is 1. The Kier molecular flexibility index (Phi) is 4.92. The first-order chi connectivity index (χ1) is 14.1. The molecule has 4 rings (SSSR count). The fourth-order valence-electron chi connectivity index (χ4n) is 3.05. The first-order valence-corrected chi connectivity index (χ1v) is 9.52. The summed E-state index contributed by atoms with van der Waals surface area (Å²) in [5, 5.41) is 18.3. The van der Waals surface area contributed by atoms with Crippen molar-refractivity contribution in [2.45, 2.75) is 0 Å². The van der Waals surface area contributed by atoms with Gasteiger partial charge in [-0.1, -0.05) is 42.5 Å². The first kappa shape index (κ1) is 18.6. The smallest absolute Gasteiger partial charge is 0.311 e. The topological polar surface area (TPSA) is 94.4 Å². The molecule has 0 aliphatic rings. The van der Waals surface area contributed by atoms with Gasteiger partial charge in [-0.15, -0.1) is 11.3 Å². The maximum absolute atomic E-state index is 12.5. The number of aromatic nitrogens is 1. The number of carbonyl (C=O) groups excluding carboxylic acids is 1. The lowest BCUT2D eigenvalue weighted by Gasteiger charge is -2.05. The van der Waals surface area contributed by atoms with Gasteiger partial charge in [-0.3, -0.25) is 20.2 Å². The van der Waals surface area contributed by atoms with Crippen molar-refractivity contribution in [3.8, 4) is 17.0 Å². The van der Waals surface area contributed by atoms with E-state index in [0.717, 1.165) is 22.0 Å². The number of amides is 1. The van der Waals surface area contributed by atoms with Gasteiger partial charge in [0.25, 0.3) is 5.91 Å². The maximum Gasteiger partial charge on any atom is 0.311 e. The van der Waals surface area contributed by atoms with E-state index in [2.05, 4.69) is 10.3 Å². The summed E-state index contributed by atoms with van der Waals surface area (Å²) in [6, 6.07) is 18.0. The molecule has 0 aliphatic heterocycles. The van der Waals surface area contributed by atoms with Gasteiger partial charge in [0, 0.05) is 22.6 Å². The molecule has 29 heavy (non-hydrogen) atoms. The summed E-state index contributed by atoms with van der Waals surface area (Å²) in [6.07, 6.45) is 0. The molecular formula is C21H15N3O4S. The second-order valence-electron chi connectivity index (χ2n) is 6.16. The van der Waals surface area contributed by atoms with Gasteiger partial charge in [0.2, 0.25) is 0 Å². The van der Waals surface area contributed by atoms with E-state index in [-0.39, 0.29) is 17.0 Å². The van der Waals surface area contributed by atoms with Gasteiger partial charge in [0.15, 0.2) is 10.9 Å². The van der Waals surface area contributed by atoms with Crippen LogP contribution in [0.2, 0.25) is 0 Å². The van der Waals surface area contributed by atoms with E-state index in [1.807, 2.05) is 47.8 Å². The number of nitrogens with zero attached hydrogens (tertiary/aromatic N) is 2. The molecule has 144 valence electrons. The molecule has 0 radical (unpaired) electrons. The van der Waals surface area contributed by atoms with Crippen molar-refractivity contribution in [1.82, 2.24) is 4.98 Å². The van der Waals surface area contributed by atoms with E-state index < -0.39 is 10.8 Å². The summed E-state index contributed by atoms with van der Waals surface area (Å²) >= 11 is 1.29. The summed E-state index contributed by atoms with van der Waals surface area (Å²) in [6.45, 7) is 0. The number of rotatable bonds is 5. The number of hydrogen-bond donors (Lipinski definition) is 1. The van der Waals surface area contributed by atoms with Crippen LogP contribution in [0.1, 0.15) is 10.4 Å². The Bertz CT molecular complexity index is 1230. The van der Waals surface area contributed by atoms with E-state index in [1.165, 1.54) is 36.6 Å². The van der Waals surface area contributed by atoms with Crippen molar-refractivity contribution in [3.05, 3.63) is 81.7 Å². The summed E-state index contributed by atoms with van der Waals surface area (Å²) in [5.74, 6) is -0.381. The molecule has 1 heterocycles. The zero-order valence-corrected chi connectivity index (χ0v) is 16.1. The van der Waals surface area contributed by atoms with Gasteiger partial charge in [0.05, 0.1) is 17.7 Å². The van der Waals surface area contributed by atoms with Crippen LogP contribution in [-0.2, 0) is 0 Å². The average molecular weight is 405 g/mol. The minimum Gasteiger partial charge on any atom is -0.490 e. The Hall–Kier alpha value is -3.78. The molecule has 0 bridgehead atoms. The van der Waals surface area contributed by atoms with Crippen LogP contribution in [0, 0.1) is 10.1 Å². The molecule has 1 aromatic heterocycles. The molecular weight excluding hydrogens is 390 g/mol. The van der Waals surface area contributed by atoms with E-state index in [1.54, 1.807) is 0 Å². The standard InChI is InChI=1S/C21H15N3O4S/c1-28-19-10-9-14(11-18(19)24(26)27)20(25)23-21-22-17(12-29-21)16-8-4-6-13-5-2-3-7-15(13)16/h2-12H,1H3,(H,22,23,25). The lowest BCUT2D eigenvalue weighted by Crippen LogP contribution is -2.12. The Morgan fingerprint density at radius 2 is 1.93 bits per heavy atom. The van der Waals surface area contributed by atoms with Crippen LogP contribution in [0.25, 0.3) is 22.0 Å². The van der Waals surface area contributed by atoms with Gasteiger partial charge >= 0.3 is 5.69 Å². The third-order valence-electron chi connectivity index (χ3n) is 4.43. The Labute approximate surface area is 169 Å². The number of hydrogen-bond acceptors (Lipinski definition) is 6. The number of nitro groups is 1. The largest absolute Gasteiger partial charge is 0.490 e. The molecule has 0 fully saturated rings. The molecule has 1 N–H and O–H groups in total. The SMILES string of the molecule is COc1ccc(C(=O)Nc2nc(-c3cccc4ccccc34)cs2)cc1[N+](=O)[O-]. The molecule has 0 aliphatic carbocycles. The molecule has 8 heteroatoms. The number of fused-ring (bicyclic) bond motifs is 1. The molecule has 3 aromatic carbocycles. The predicted octanol–water partition coefficient (Wildman–Crippen LogP) is 5.13. The number of nitrogens with one attached hydrogen (secondary N) is 1. The normalized spacial score (nSPS) is 10.7. The number of methoxy groups -OCH3 is 1. The van der Waals surface area contributed by atoms with Crippen LogP contribution in [0.4, 0.5) is 10.8 Å². The van der Waals surface area contributed by atoms with Crippen molar-refractivity contribution in [2.24, 2.45) is 0 Å². The van der Waals surface area contributed by atoms with E-state index in [9.17, 15) is 14.9 Å². The monoisotopic (exact) mass is 405 g/mol. The number of carbonyl (C=O) groups is 1. The van der Waals surface area contributed by atoms with E-state index >= 15 is 0 Å². The molecule has 4 aromatic rings. The highest BCUT2D eigenvalue weighted by molar-refractivity contribution is 7.14. The van der Waals surface area contributed by atoms with Crippen LogP contribution in [-0.4, -0.2) is 22.9 Å². The summed E-state index contributed by atoms with van der Waals surface area (Å²) in [5.41, 5.74) is 1.61. The zero-order valence-electron chi connectivity index (χ0n) is 15.3. The third-order valence-corrected chi connectivity index (χ3v) is 5.19. The summed E-state index contributed by atoms with van der Waals surface area (Å²) in [4.78, 5) is 27.6. The highest BCUT2D eigenvalue weighted by Crippen LogP contribution is 2.32. The Morgan fingerprint density at radius 3 is 2.72 bits per heavy atom. The summed E-state index contributed by atoms with van der Waals surface area (Å²) in [7, 11) is 1.34. The van der Waals surface area contributed by atoms with E-state index in [4.69, 9.17) is 4.74 Å². The Balaban J connectivity index is 1.60. The number of nitro benzene ring substituents is 1. The fraction of sp³-hybridized carbons (Fsp3) is 0.0476. The molecule has 0 unspecified atom stereocenters. The zero-order chi connectivity index (χ0) is 20.4. The quantitative estimate of drug-likeness (QED) is 0.367. The minimum atomic E-state index is -0.586. The van der Waals surface area contributed by atoms with Crippen molar-refractivity contribution >= 4 is 38.8 Å². The van der Waals surface area contributed by atoms with Crippen LogP contribution >= 0.6 is 11.3 Å². The highest BCUT2D eigenvalue weighted by atomic mass is 32.1. The predicted molar refractivity (Wildman–Crippen MR) is 113 cm³/mol. The fourth-order valence-corrected chi connectivity index (χ4v) is 3.75. The lowest BCUT2D eigenvalue weighted by atomic mass is 10.0. The summed E-state index contributed by atoms with van der Waals surface area (Å²) < 4.78 is 4.96. The van der Waals surface area contributed by atoms with Gasteiger partial charge in [-0.2, -0.15) is 0 Å². The second kappa shape index (κ2) is 7.69. The number of thiazole rings is 1. The van der Waals surface area contributed by atoms with E-state index in [0.29, 0.717) is 5.13 Å². The minimum absolute atomic E-state index is 0.0963. The molecule has 7 nitrogen and oxygen atoms in total. The van der Waals surface area contributed by atoms with Crippen LogP contribution in [0.5, 0.6) is 5.75 Å². The van der Waals surface area contributed by atoms with Crippen molar-refractivity contribution < 1.29 is 14.5 Å². The third kappa shape index (κ3) is 3.65. The highest BCUT2D eigenvalue weighted by Gasteiger charge is 2.19. The van der Waals surface area contributed by atoms with Crippen LogP contribution in [0.3, 0.4) is 0 Å². The van der Waals surface area contributed by atoms with Gasteiger partial charge in [-0.25, -0.2) is 4.98 Å². The molecule has 0 atom stereocenters. The maximum atomic E-state index is 12.5. The first-order valence-electron chi connectivity index (χ1n) is 8.64. The molecule has 0 saturated heterocycles. The molecule has 0 saturated carbocycles. The van der Waals surface area contributed by atoms with Gasteiger partial charge in [-0.05, 0) is 22.9 Å². The van der Waals surface area contributed by atoms with Crippen LogP contribution in [0.15, 0.2) is 66.0 Å². The van der Waals surface area contributed by atoms with Gasteiger partial charge < -0.3 is 4.74 Å². The average Bonchev–Trinajstić information content (AvgIpc) is 3.21. The molecule has 1 amide bonds. The second-order valence-corrected chi connectivity index (χ2v) is 7.02. The number of ether oxygens (including phenoxy) is 1. The Morgan fingerprint density at radius 1 is 1.14 bits per heavy atom. The van der Waals surface area contributed by atoms with Crippen molar-refractivity contribution in [2.75, 3.05) is 12.4 Å². The van der Waals surface area contributed by atoms with Crippen molar-refractivity contribution in [1.29, 1.82) is 0 Å². The van der Waals surface area contributed by atoms with Crippen molar-refractivity contribution in [3.63, 3.8) is 0 Å². The molecule has 0 spiro atoms.